The molecule has 0 unspecified atom stereocenters. The van der Waals surface area contributed by atoms with E-state index in [1.165, 1.54) is 4.90 Å². The van der Waals surface area contributed by atoms with Crippen molar-refractivity contribution >= 4 is 24.0 Å². The second-order valence-corrected chi connectivity index (χ2v) is 19.7. The monoisotopic (exact) mass is 910 g/mol. The van der Waals surface area contributed by atoms with Crippen molar-refractivity contribution in [1.29, 1.82) is 0 Å². The van der Waals surface area contributed by atoms with Crippen molar-refractivity contribution in [3.05, 3.63) is 144 Å². The lowest BCUT2D eigenvalue weighted by Gasteiger charge is -2.42. The number of carboxylic acid groups (broad SMARTS) is 1. The van der Waals surface area contributed by atoms with Gasteiger partial charge in [0, 0.05) is 29.9 Å². The van der Waals surface area contributed by atoms with Crippen LogP contribution < -0.4 is 5.32 Å². The van der Waals surface area contributed by atoms with Crippen LogP contribution in [-0.2, 0) is 14.3 Å². The van der Waals surface area contributed by atoms with Crippen LogP contribution in [0.2, 0.25) is 0 Å². The number of nitrogens with one attached hydrogen (secondary N) is 3. The number of benzene rings is 4. The average molecular weight is 911 g/mol. The fraction of sp³-hybridized carbons (Fsp3) is 0.370. The summed E-state index contributed by atoms with van der Waals surface area (Å²) in [4.78, 5) is 76.9. The minimum Gasteiger partial charge on any atom is -0.465 e. The smallest absolute Gasteiger partial charge is 0.408 e. The Bertz CT molecular complexity index is 2840. The predicted octanol–water partition coefficient (Wildman–Crippen LogP) is 9.75. The molecule has 14 heteroatoms. The first kappa shape index (κ1) is 42.2. The van der Waals surface area contributed by atoms with Gasteiger partial charge in [-0.25, -0.2) is 19.6 Å². The van der Waals surface area contributed by atoms with Gasteiger partial charge in [0.25, 0.3) is 11.8 Å². The fourth-order valence-electron chi connectivity index (χ4n) is 11.2. The lowest BCUT2D eigenvalue weighted by molar-refractivity contribution is -0.140. The lowest BCUT2D eigenvalue weighted by Crippen LogP contribution is -2.52. The molecule has 4 aromatic carbocycles. The Morgan fingerprint density at radius 2 is 1.25 bits per heavy atom. The Morgan fingerprint density at radius 1 is 0.676 bits per heavy atom. The molecule has 2 aromatic heterocycles. The Labute approximate surface area is 394 Å². The minimum absolute atomic E-state index is 0.0842. The van der Waals surface area contributed by atoms with Gasteiger partial charge in [0.15, 0.2) is 0 Å². The van der Waals surface area contributed by atoms with Crippen molar-refractivity contribution in [2.24, 2.45) is 11.8 Å². The number of hydrogen-bond donors (Lipinski definition) is 4. The highest BCUT2D eigenvalue weighted by atomic mass is 16.6. The number of amides is 4. The highest BCUT2D eigenvalue weighted by Crippen LogP contribution is 2.55. The van der Waals surface area contributed by atoms with E-state index in [1.54, 1.807) is 0 Å². The number of rotatable bonds is 13. The summed E-state index contributed by atoms with van der Waals surface area (Å²) in [6, 6.07) is 33.1. The van der Waals surface area contributed by atoms with E-state index < -0.39 is 24.3 Å². The normalized spacial score (nSPS) is 24.5. The number of imidazole rings is 2. The Morgan fingerprint density at radius 3 is 1.84 bits per heavy atom. The molecule has 0 radical (unpaired) electrons. The van der Waals surface area contributed by atoms with E-state index in [2.05, 4.69) is 63.8 Å². The van der Waals surface area contributed by atoms with Gasteiger partial charge < -0.3 is 34.9 Å². The van der Waals surface area contributed by atoms with Crippen LogP contribution in [0.5, 0.6) is 0 Å². The number of alkyl carbamates (subject to hydrolysis) is 1. The van der Waals surface area contributed by atoms with Crippen LogP contribution in [0.25, 0.3) is 33.6 Å². The zero-order valence-corrected chi connectivity index (χ0v) is 37.6. The molecular formula is C54H54N8O6. The number of hydrogen-bond acceptors (Lipinski definition) is 7. The Kier molecular flexibility index (Phi) is 10.6. The number of fused-ring (bicyclic) bond motifs is 2. The van der Waals surface area contributed by atoms with E-state index in [4.69, 9.17) is 14.7 Å². The summed E-state index contributed by atoms with van der Waals surface area (Å²) in [5, 5.41) is 13.3. The van der Waals surface area contributed by atoms with E-state index in [0.717, 1.165) is 115 Å². The van der Waals surface area contributed by atoms with Crippen molar-refractivity contribution in [3.8, 4) is 33.6 Å². The number of ether oxygens (including phenoxy) is 1. The van der Waals surface area contributed by atoms with E-state index >= 15 is 0 Å². The van der Waals surface area contributed by atoms with Crippen LogP contribution in [0.1, 0.15) is 111 Å². The Hall–Kier alpha value is -7.22. The van der Waals surface area contributed by atoms with Crippen LogP contribution in [0.4, 0.5) is 9.59 Å². The van der Waals surface area contributed by atoms with Crippen molar-refractivity contribution in [2.45, 2.75) is 113 Å². The molecule has 346 valence electrons. The molecule has 4 saturated carbocycles. The Balaban J connectivity index is 0.725. The molecule has 2 saturated heterocycles. The van der Waals surface area contributed by atoms with Gasteiger partial charge in [-0.15, -0.1) is 0 Å². The van der Waals surface area contributed by atoms with Gasteiger partial charge in [0.05, 0.1) is 29.7 Å². The SMILES string of the molecule is O=C(N[C@@H](C(=O)N1[C@@H]2C[C@H]2C[C@H]1c1ncc(-c2ccc(-c3ccc(-c4c[nH]c([C@@H]5C[C@H]6C[C@H]6N5C(=O)[C@@H](c5ccccc5)N(C(=O)O)C5CCC5)n4)cc3)cc2)[nH]1)c1ccccc1)OC1CCC1. The molecule has 6 aromatic rings. The molecule has 0 bridgehead atoms. The minimum atomic E-state index is -1.06. The first-order chi connectivity index (χ1) is 33.3. The third-order valence-corrected chi connectivity index (χ3v) is 15.5. The van der Waals surface area contributed by atoms with Gasteiger partial charge in [-0.3, -0.25) is 14.5 Å². The summed E-state index contributed by atoms with van der Waals surface area (Å²) in [5.41, 5.74) is 7.08. The highest BCUT2D eigenvalue weighted by Gasteiger charge is 2.58. The summed E-state index contributed by atoms with van der Waals surface area (Å²) in [6.07, 6.45) is 10.7. The highest BCUT2D eigenvalue weighted by molar-refractivity contribution is 5.89. The number of carbonyl (C=O) groups is 4. The van der Waals surface area contributed by atoms with Crippen LogP contribution in [-0.4, -0.2) is 88.0 Å². The molecule has 4 N–H and O–H groups in total. The zero-order chi connectivity index (χ0) is 46.0. The molecule has 4 heterocycles. The molecule has 6 aliphatic rings. The maximum Gasteiger partial charge on any atom is 0.408 e. The number of aromatic amines is 2. The van der Waals surface area contributed by atoms with Gasteiger partial charge in [0.1, 0.15) is 29.8 Å². The van der Waals surface area contributed by atoms with Crippen LogP contribution in [0, 0.1) is 11.8 Å². The van der Waals surface area contributed by atoms with Crippen molar-refractivity contribution in [2.75, 3.05) is 0 Å². The largest absolute Gasteiger partial charge is 0.465 e. The third-order valence-electron chi connectivity index (χ3n) is 15.5. The summed E-state index contributed by atoms with van der Waals surface area (Å²) < 4.78 is 5.61. The van der Waals surface area contributed by atoms with E-state index in [-0.39, 0.29) is 48.1 Å². The van der Waals surface area contributed by atoms with Gasteiger partial charge in [-0.1, -0.05) is 109 Å². The molecule has 68 heavy (non-hydrogen) atoms. The molecular weight excluding hydrogens is 857 g/mol. The molecule has 4 aliphatic carbocycles. The molecule has 8 atom stereocenters. The van der Waals surface area contributed by atoms with Crippen LogP contribution >= 0.6 is 0 Å². The summed E-state index contributed by atoms with van der Waals surface area (Å²) >= 11 is 0. The summed E-state index contributed by atoms with van der Waals surface area (Å²) in [7, 11) is 0. The van der Waals surface area contributed by atoms with Crippen molar-refractivity contribution in [1.82, 2.24) is 40.0 Å². The second kappa shape index (κ2) is 17.1. The fourth-order valence-corrected chi connectivity index (χ4v) is 11.2. The number of piperidine rings is 2. The maximum atomic E-state index is 14.7. The predicted molar refractivity (Wildman–Crippen MR) is 252 cm³/mol. The maximum absolute atomic E-state index is 14.7. The van der Waals surface area contributed by atoms with E-state index in [1.807, 2.05) is 82.9 Å². The summed E-state index contributed by atoms with van der Waals surface area (Å²) in [5.74, 6) is 1.92. The zero-order valence-electron chi connectivity index (χ0n) is 37.6. The van der Waals surface area contributed by atoms with Gasteiger partial charge in [-0.2, -0.15) is 0 Å². The summed E-state index contributed by atoms with van der Waals surface area (Å²) in [6.45, 7) is 0. The molecule has 4 amide bonds. The first-order valence-electron chi connectivity index (χ1n) is 24.3. The molecule has 2 aliphatic heterocycles. The number of nitrogens with zero attached hydrogens (tertiary/aromatic N) is 5. The molecule has 14 nitrogen and oxygen atoms in total. The third kappa shape index (κ3) is 7.78. The lowest BCUT2D eigenvalue weighted by atomic mass is 9.89. The second-order valence-electron chi connectivity index (χ2n) is 19.7. The topological polar surface area (TPSA) is 177 Å². The number of aromatic nitrogens is 4. The van der Waals surface area contributed by atoms with Crippen molar-refractivity contribution < 1.29 is 29.0 Å². The van der Waals surface area contributed by atoms with Gasteiger partial charge in [0.2, 0.25) is 0 Å². The molecule has 0 spiro atoms. The van der Waals surface area contributed by atoms with E-state index in [0.29, 0.717) is 17.4 Å². The number of H-pyrrole nitrogens is 2. The number of carbonyl (C=O) groups excluding carboxylic acids is 3. The molecule has 6 fully saturated rings. The molecule has 12 rings (SSSR count). The van der Waals surface area contributed by atoms with Gasteiger partial charge in [-0.05, 0) is 104 Å². The average Bonchev–Trinajstić information content (AvgIpc) is 3.91. The van der Waals surface area contributed by atoms with Crippen molar-refractivity contribution in [3.63, 3.8) is 0 Å². The first-order valence-corrected chi connectivity index (χ1v) is 24.3. The standard InChI is InChI=1S/C54H54N8O6/c63-51(47(35-9-3-1-4-10-35)59-53(65)68-40-15-8-16-40)61-43-25-37(43)27-45(61)49-55-29-41(57-49)33-21-17-31(18-22-33)32-19-23-34(24-20-32)42-30-56-50(58-42)46-28-38-26-44(38)62(46)52(64)48(36-11-5-2-6-12-36)60(54(66)67)39-13-7-14-39/h1-6,9-12,17-24,29-30,37-40,43-48H,7-8,13-16,25-28H2,(H,55,57)(H,56,58)(H,59,65)(H,66,67)/t37-,38+,43+,44+,45-,46-,47+,48+/m0/s1. The number of likely N-dealkylation sites (tertiary alicyclic amines) is 2. The van der Waals surface area contributed by atoms with Gasteiger partial charge >= 0.3 is 12.2 Å². The van der Waals surface area contributed by atoms with Crippen LogP contribution in [0.3, 0.4) is 0 Å². The van der Waals surface area contributed by atoms with E-state index in [9.17, 15) is 24.3 Å². The quantitative estimate of drug-likeness (QED) is 0.0885. The van der Waals surface area contributed by atoms with Crippen LogP contribution in [0.15, 0.2) is 122 Å².